The molecule has 1 aromatic rings. The van der Waals surface area contributed by atoms with Gasteiger partial charge in [-0.2, -0.15) is 0 Å². The van der Waals surface area contributed by atoms with Crippen LogP contribution < -0.4 is 5.32 Å². The summed E-state index contributed by atoms with van der Waals surface area (Å²) in [5.41, 5.74) is 1.42. The quantitative estimate of drug-likeness (QED) is 0.927. The molecule has 2 fully saturated rings. The van der Waals surface area contributed by atoms with Crippen LogP contribution in [-0.4, -0.2) is 47.5 Å². The first-order valence-corrected chi connectivity index (χ1v) is 9.01. The number of nitrogens with zero attached hydrogens (tertiary/aromatic N) is 3. The lowest BCUT2D eigenvalue weighted by molar-refractivity contribution is 0.0937. The van der Waals surface area contributed by atoms with Gasteiger partial charge in [-0.1, -0.05) is 19.3 Å². The molecule has 5 heteroatoms. The van der Waals surface area contributed by atoms with Crippen LogP contribution in [0.4, 0.5) is 0 Å². The Morgan fingerprint density at radius 2 is 2.04 bits per heavy atom. The number of amides is 1. The van der Waals surface area contributed by atoms with E-state index in [2.05, 4.69) is 27.2 Å². The molecule has 1 N–H and O–H groups in total. The zero-order valence-corrected chi connectivity index (χ0v) is 14.1. The van der Waals surface area contributed by atoms with Gasteiger partial charge in [-0.25, -0.2) is 4.98 Å². The molecule has 0 radical (unpaired) electrons. The molecule has 0 aromatic carbocycles. The Morgan fingerprint density at radius 3 is 2.83 bits per heavy atom. The van der Waals surface area contributed by atoms with Gasteiger partial charge in [-0.15, -0.1) is 0 Å². The first-order valence-electron chi connectivity index (χ1n) is 9.01. The molecule has 1 aliphatic carbocycles. The summed E-state index contributed by atoms with van der Waals surface area (Å²) in [7, 11) is 2.14. The molecule has 3 rings (SSSR count). The van der Waals surface area contributed by atoms with Crippen LogP contribution in [0.2, 0.25) is 0 Å². The van der Waals surface area contributed by atoms with Crippen LogP contribution in [-0.2, 0) is 0 Å². The van der Waals surface area contributed by atoms with Gasteiger partial charge in [0.1, 0.15) is 5.69 Å². The summed E-state index contributed by atoms with van der Waals surface area (Å²) in [5, 5.41) is 3.06. The smallest absolute Gasteiger partial charge is 0.271 e. The van der Waals surface area contributed by atoms with E-state index in [9.17, 15) is 4.79 Å². The molecule has 0 bridgehead atoms. The molecule has 5 nitrogen and oxygen atoms in total. The molecule has 1 aromatic heterocycles. The maximum absolute atomic E-state index is 12.4. The molecule has 1 aliphatic heterocycles. The highest BCUT2D eigenvalue weighted by Crippen LogP contribution is 2.25. The lowest BCUT2D eigenvalue weighted by Crippen LogP contribution is -2.33. The van der Waals surface area contributed by atoms with E-state index >= 15 is 0 Å². The van der Waals surface area contributed by atoms with Crippen LogP contribution in [0.1, 0.15) is 67.0 Å². The van der Waals surface area contributed by atoms with Gasteiger partial charge in [0, 0.05) is 25.2 Å². The summed E-state index contributed by atoms with van der Waals surface area (Å²) < 4.78 is 0. The van der Waals surface area contributed by atoms with Crippen LogP contribution >= 0.6 is 0 Å². The van der Waals surface area contributed by atoms with Gasteiger partial charge in [-0.05, 0) is 45.2 Å². The number of carbonyl (C=O) groups excluding carboxylic acids is 1. The van der Waals surface area contributed by atoms with Gasteiger partial charge in [0.2, 0.25) is 0 Å². The van der Waals surface area contributed by atoms with E-state index < -0.39 is 0 Å². The third-order valence-corrected chi connectivity index (χ3v) is 5.20. The minimum absolute atomic E-state index is 0.0749. The maximum Gasteiger partial charge on any atom is 0.271 e. The molecule has 1 amide bonds. The normalized spacial score (nSPS) is 23.6. The number of hydrogen-bond acceptors (Lipinski definition) is 4. The van der Waals surface area contributed by atoms with Gasteiger partial charge in [-0.3, -0.25) is 9.78 Å². The number of nitrogens with one attached hydrogen (secondary N) is 1. The second-order valence-corrected chi connectivity index (χ2v) is 7.14. The summed E-state index contributed by atoms with van der Waals surface area (Å²) in [6.07, 6.45) is 12.1. The molecule has 126 valence electrons. The predicted molar refractivity (Wildman–Crippen MR) is 90.4 cm³/mol. The Morgan fingerprint density at radius 1 is 1.22 bits per heavy atom. The second-order valence-electron chi connectivity index (χ2n) is 7.14. The van der Waals surface area contributed by atoms with E-state index in [4.69, 9.17) is 0 Å². The van der Waals surface area contributed by atoms with Crippen molar-refractivity contribution in [2.75, 3.05) is 26.7 Å². The molecule has 2 heterocycles. The highest BCUT2D eigenvalue weighted by atomic mass is 16.1. The molecule has 0 unspecified atom stereocenters. The third-order valence-electron chi connectivity index (χ3n) is 5.20. The van der Waals surface area contributed by atoms with Crippen molar-refractivity contribution in [1.29, 1.82) is 0 Å². The van der Waals surface area contributed by atoms with Crippen molar-refractivity contribution in [1.82, 2.24) is 20.2 Å². The molecule has 1 saturated heterocycles. The molecule has 23 heavy (non-hydrogen) atoms. The van der Waals surface area contributed by atoms with Crippen LogP contribution in [0.5, 0.6) is 0 Å². The Labute approximate surface area is 138 Å². The van der Waals surface area contributed by atoms with Crippen molar-refractivity contribution in [3.8, 4) is 0 Å². The zero-order chi connectivity index (χ0) is 16.1. The predicted octanol–water partition coefficient (Wildman–Crippen LogP) is 2.60. The highest BCUT2D eigenvalue weighted by molar-refractivity contribution is 5.91. The van der Waals surface area contributed by atoms with Crippen molar-refractivity contribution in [2.45, 2.75) is 50.9 Å². The van der Waals surface area contributed by atoms with Crippen molar-refractivity contribution >= 4 is 5.91 Å². The molecular formula is C18H28N4O. The Balaban J connectivity index is 1.58. The van der Waals surface area contributed by atoms with Gasteiger partial charge >= 0.3 is 0 Å². The third kappa shape index (κ3) is 4.50. The standard InChI is InChI=1S/C18H28N4O/c1-22-9-5-8-15(13-22)16-11-19-12-17(21-16)18(23)20-10-14-6-3-2-4-7-14/h11-12,14-15H,2-10,13H2,1H3,(H,20,23)/t15-/m1/s1. The molecular weight excluding hydrogens is 288 g/mol. The number of carbonyl (C=O) groups is 1. The van der Waals surface area contributed by atoms with E-state index in [0.29, 0.717) is 17.5 Å². The van der Waals surface area contributed by atoms with Crippen molar-refractivity contribution in [2.24, 2.45) is 5.92 Å². The second kappa shape index (κ2) is 7.86. The van der Waals surface area contributed by atoms with Crippen LogP contribution in [0.15, 0.2) is 12.4 Å². The van der Waals surface area contributed by atoms with Gasteiger partial charge in [0.25, 0.3) is 5.91 Å². The van der Waals surface area contributed by atoms with E-state index in [0.717, 1.165) is 31.7 Å². The van der Waals surface area contributed by atoms with E-state index in [-0.39, 0.29) is 5.91 Å². The minimum atomic E-state index is -0.0749. The van der Waals surface area contributed by atoms with Crippen LogP contribution in [0.25, 0.3) is 0 Å². The van der Waals surface area contributed by atoms with Crippen LogP contribution in [0, 0.1) is 5.92 Å². The SMILES string of the molecule is CN1CCC[C@@H](c2cncc(C(=O)NCC3CCCCC3)n2)C1. The molecule has 1 saturated carbocycles. The lowest BCUT2D eigenvalue weighted by atomic mass is 9.89. The maximum atomic E-state index is 12.4. The minimum Gasteiger partial charge on any atom is -0.350 e. The van der Waals surface area contributed by atoms with Crippen molar-refractivity contribution in [3.05, 3.63) is 23.8 Å². The average Bonchev–Trinajstić information content (AvgIpc) is 2.61. The molecule has 0 spiro atoms. The van der Waals surface area contributed by atoms with Crippen molar-refractivity contribution < 1.29 is 4.79 Å². The average molecular weight is 316 g/mol. The van der Waals surface area contributed by atoms with Crippen LogP contribution in [0.3, 0.4) is 0 Å². The number of likely N-dealkylation sites (tertiary alicyclic amines) is 1. The van der Waals surface area contributed by atoms with E-state index in [1.807, 2.05) is 6.20 Å². The monoisotopic (exact) mass is 316 g/mol. The Hall–Kier alpha value is -1.49. The van der Waals surface area contributed by atoms with E-state index in [1.165, 1.54) is 38.5 Å². The number of piperidine rings is 1. The van der Waals surface area contributed by atoms with Gasteiger partial charge < -0.3 is 10.2 Å². The summed E-state index contributed by atoms with van der Waals surface area (Å²) in [6, 6.07) is 0. The number of rotatable bonds is 4. The fraction of sp³-hybridized carbons (Fsp3) is 0.722. The Bertz CT molecular complexity index is 528. The summed E-state index contributed by atoms with van der Waals surface area (Å²) in [4.78, 5) is 23.5. The number of aromatic nitrogens is 2. The summed E-state index contributed by atoms with van der Waals surface area (Å²) >= 11 is 0. The number of likely N-dealkylation sites (N-methyl/N-ethyl adjacent to an activating group) is 1. The summed E-state index contributed by atoms with van der Waals surface area (Å²) in [5.74, 6) is 0.956. The van der Waals surface area contributed by atoms with E-state index in [1.54, 1.807) is 6.20 Å². The fourth-order valence-corrected chi connectivity index (χ4v) is 3.81. The Kier molecular flexibility index (Phi) is 5.60. The highest BCUT2D eigenvalue weighted by Gasteiger charge is 2.22. The van der Waals surface area contributed by atoms with Crippen molar-refractivity contribution in [3.63, 3.8) is 0 Å². The summed E-state index contributed by atoms with van der Waals surface area (Å²) in [6.45, 7) is 2.92. The largest absolute Gasteiger partial charge is 0.350 e. The van der Waals surface area contributed by atoms with Gasteiger partial charge in [0.15, 0.2) is 0 Å². The first kappa shape index (κ1) is 16.4. The van der Waals surface area contributed by atoms with Gasteiger partial charge in [0.05, 0.1) is 11.9 Å². The zero-order valence-electron chi connectivity index (χ0n) is 14.1. The fourth-order valence-electron chi connectivity index (χ4n) is 3.81. The number of hydrogen-bond donors (Lipinski definition) is 1. The molecule has 1 atom stereocenters. The lowest BCUT2D eigenvalue weighted by Gasteiger charge is -2.29. The molecule has 2 aliphatic rings. The first-order chi connectivity index (χ1) is 11.2. The topological polar surface area (TPSA) is 58.1 Å².